The summed E-state index contributed by atoms with van der Waals surface area (Å²) in [6.45, 7) is 0. The first-order valence-electron chi connectivity index (χ1n) is 3.24. The lowest BCUT2D eigenvalue weighted by Gasteiger charge is -1.95. The Morgan fingerprint density at radius 1 is 1.57 bits per heavy atom. The van der Waals surface area contributed by atoms with Crippen molar-refractivity contribution in [3.05, 3.63) is 10.4 Å². The molecular weight excluding hydrogens is 210 g/mol. The Morgan fingerprint density at radius 2 is 2.21 bits per heavy atom. The normalized spacial score (nSPS) is 10.6. The zero-order valence-corrected chi connectivity index (χ0v) is 7.45. The largest absolute Gasteiger partial charge is 0.499 e. The molecule has 0 radical (unpaired) electrons. The summed E-state index contributed by atoms with van der Waals surface area (Å²) in [5.74, 6) is -2.04. The van der Waals surface area contributed by atoms with Crippen molar-refractivity contribution in [1.29, 1.82) is 0 Å². The molecule has 0 aliphatic rings. The van der Waals surface area contributed by atoms with Gasteiger partial charge in [0.05, 0.1) is 0 Å². The average molecular weight is 215 g/mol. The van der Waals surface area contributed by atoms with Crippen molar-refractivity contribution in [3.8, 4) is 11.6 Å². The molecule has 0 spiro atoms. The summed E-state index contributed by atoms with van der Waals surface area (Å²) < 4.78 is 0. The van der Waals surface area contributed by atoms with E-state index in [4.69, 9.17) is 15.9 Å². The first-order chi connectivity index (χ1) is 6.50. The maximum Gasteiger partial charge on any atom is 0.298 e. The zero-order chi connectivity index (χ0) is 10.7. The SMILES string of the molecule is NC(=S)N=Nc1nc(O)c(O)c(=O)[nH]1. The van der Waals surface area contributed by atoms with Gasteiger partial charge in [-0.05, 0) is 12.2 Å². The van der Waals surface area contributed by atoms with Gasteiger partial charge in [0.2, 0.25) is 10.9 Å². The van der Waals surface area contributed by atoms with Crippen LogP contribution in [-0.4, -0.2) is 25.3 Å². The fourth-order valence-electron chi connectivity index (χ4n) is 0.588. The van der Waals surface area contributed by atoms with E-state index in [0.717, 1.165) is 0 Å². The van der Waals surface area contributed by atoms with E-state index in [0.29, 0.717) is 0 Å². The number of hydrogen-bond donors (Lipinski definition) is 4. The molecule has 0 unspecified atom stereocenters. The molecule has 14 heavy (non-hydrogen) atoms. The highest BCUT2D eigenvalue weighted by molar-refractivity contribution is 7.80. The van der Waals surface area contributed by atoms with Crippen LogP contribution in [0.25, 0.3) is 0 Å². The van der Waals surface area contributed by atoms with Gasteiger partial charge in [-0.1, -0.05) is 0 Å². The van der Waals surface area contributed by atoms with Crippen LogP contribution in [0.15, 0.2) is 15.0 Å². The summed E-state index contributed by atoms with van der Waals surface area (Å²) in [4.78, 5) is 16.1. The molecular formula is C5H5N5O3S. The van der Waals surface area contributed by atoms with Gasteiger partial charge in [0.25, 0.3) is 17.4 Å². The van der Waals surface area contributed by atoms with E-state index in [1.54, 1.807) is 0 Å². The van der Waals surface area contributed by atoms with Crippen molar-refractivity contribution < 1.29 is 10.2 Å². The standard InChI is InChI=1S/C5H5N5O3S/c6-4(14)9-10-5-7-2(12)1(11)3(13)8-5/h11H,(H2,6,14)(H2,7,8,12,13). The maximum absolute atomic E-state index is 10.8. The number of nitrogens with two attached hydrogens (primary N) is 1. The first-order valence-corrected chi connectivity index (χ1v) is 3.65. The number of H-pyrrole nitrogens is 1. The van der Waals surface area contributed by atoms with Gasteiger partial charge in [0.1, 0.15) is 0 Å². The Balaban J connectivity index is 3.14. The number of azo groups is 1. The van der Waals surface area contributed by atoms with Crippen LogP contribution < -0.4 is 11.3 Å². The lowest BCUT2D eigenvalue weighted by molar-refractivity contribution is 0.382. The highest BCUT2D eigenvalue weighted by Gasteiger charge is 2.07. The van der Waals surface area contributed by atoms with Gasteiger partial charge in [-0.3, -0.25) is 9.78 Å². The molecule has 0 aromatic carbocycles. The molecule has 0 atom stereocenters. The van der Waals surface area contributed by atoms with Crippen LogP contribution in [0.2, 0.25) is 0 Å². The van der Waals surface area contributed by atoms with Gasteiger partial charge in [0.15, 0.2) is 0 Å². The summed E-state index contributed by atoms with van der Waals surface area (Å²) >= 11 is 4.37. The van der Waals surface area contributed by atoms with E-state index in [-0.39, 0.29) is 11.1 Å². The van der Waals surface area contributed by atoms with Crippen molar-refractivity contribution in [2.24, 2.45) is 16.0 Å². The number of nitrogens with one attached hydrogen (secondary N) is 1. The number of aromatic hydroxyl groups is 2. The van der Waals surface area contributed by atoms with Gasteiger partial charge in [-0.15, -0.1) is 10.2 Å². The van der Waals surface area contributed by atoms with Crippen molar-refractivity contribution in [2.75, 3.05) is 0 Å². The molecule has 1 heterocycles. The average Bonchev–Trinajstić information content (AvgIpc) is 2.10. The van der Waals surface area contributed by atoms with E-state index in [9.17, 15) is 4.79 Å². The van der Waals surface area contributed by atoms with Crippen molar-refractivity contribution in [1.82, 2.24) is 9.97 Å². The van der Waals surface area contributed by atoms with E-state index in [1.165, 1.54) is 0 Å². The number of thiocarbonyl (C=S) groups is 1. The van der Waals surface area contributed by atoms with Crippen LogP contribution in [0.4, 0.5) is 5.95 Å². The third kappa shape index (κ3) is 2.23. The molecule has 0 saturated heterocycles. The maximum atomic E-state index is 10.8. The molecule has 0 amide bonds. The summed E-state index contributed by atoms with van der Waals surface area (Å²) in [5, 5.41) is 24.0. The Labute approximate surface area is 82.1 Å². The molecule has 0 aliphatic heterocycles. The van der Waals surface area contributed by atoms with Crippen LogP contribution in [0, 0.1) is 0 Å². The molecule has 0 aliphatic carbocycles. The third-order valence-electron chi connectivity index (χ3n) is 1.11. The van der Waals surface area contributed by atoms with Crippen molar-refractivity contribution in [3.63, 3.8) is 0 Å². The van der Waals surface area contributed by atoms with Crippen LogP contribution in [0.3, 0.4) is 0 Å². The molecule has 0 fully saturated rings. The minimum Gasteiger partial charge on any atom is -0.499 e. The second kappa shape index (κ2) is 3.79. The minimum atomic E-state index is -0.936. The van der Waals surface area contributed by atoms with Crippen LogP contribution >= 0.6 is 12.2 Å². The topological polar surface area (TPSA) is 137 Å². The molecule has 5 N–H and O–H groups in total. The number of hydrogen-bond acceptors (Lipinski definition) is 6. The molecule has 1 rings (SSSR count). The van der Waals surface area contributed by atoms with E-state index >= 15 is 0 Å². The summed E-state index contributed by atoms with van der Waals surface area (Å²) in [6.07, 6.45) is 0. The Hall–Kier alpha value is -2.03. The molecule has 1 aromatic rings. The molecule has 74 valence electrons. The Morgan fingerprint density at radius 3 is 2.71 bits per heavy atom. The smallest absolute Gasteiger partial charge is 0.298 e. The van der Waals surface area contributed by atoms with Gasteiger partial charge >= 0.3 is 0 Å². The quantitative estimate of drug-likeness (QED) is 0.368. The summed E-state index contributed by atoms with van der Waals surface area (Å²) in [6, 6.07) is 0. The number of aromatic nitrogens is 2. The Bertz CT molecular complexity index is 453. The van der Waals surface area contributed by atoms with Gasteiger partial charge in [-0.2, -0.15) is 4.98 Å². The van der Waals surface area contributed by atoms with E-state index in [2.05, 4.69) is 27.4 Å². The first kappa shape index (κ1) is 10.1. The summed E-state index contributed by atoms with van der Waals surface area (Å²) in [5.41, 5.74) is 4.05. The molecule has 0 saturated carbocycles. The van der Waals surface area contributed by atoms with Gasteiger partial charge in [-0.25, -0.2) is 0 Å². The third-order valence-corrected chi connectivity index (χ3v) is 1.19. The monoisotopic (exact) mass is 215 g/mol. The van der Waals surface area contributed by atoms with Crippen molar-refractivity contribution in [2.45, 2.75) is 0 Å². The number of rotatable bonds is 1. The fourth-order valence-corrected chi connectivity index (χ4v) is 0.628. The van der Waals surface area contributed by atoms with Crippen LogP contribution in [0.5, 0.6) is 11.6 Å². The van der Waals surface area contributed by atoms with E-state index in [1.807, 2.05) is 4.98 Å². The second-order valence-corrected chi connectivity index (χ2v) is 2.52. The summed E-state index contributed by atoms with van der Waals surface area (Å²) in [7, 11) is 0. The number of aromatic amines is 1. The fraction of sp³-hybridized carbons (Fsp3) is 0. The highest BCUT2D eigenvalue weighted by atomic mass is 32.1. The molecule has 0 bridgehead atoms. The molecule has 9 heteroatoms. The zero-order valence-electron chi connectivity index (χ0n) is 6.63. The van der Waals surface area contributed by atoms with Crippen molar-refractivity contribution >= 4 is 23.3 Å². The number of nitrogens with zero attached hydrogens (tertiary/aromatic N) is 3. The van der Waals surface area contributed by atoms with Crippen LogP contribution in [0.1, 0.15) is 0 Å². The predicted molar refractivity (Wildman–Crippen MR) is 49.5 cm³/mol. The minimum absolute atomic E-state index is 0.250. The highest BCUT2D eigenvalue weighted by Crippen LogP contribution is 2.17. The van der Waals surface area contributed by atoms with Gasteiger partial charge < -0.3 is 15.9 Å². The van der Waals surface area contributed by atoms with Crippen LogP contribution in [-0.2, 0) is 0 Å². The predicted octanol–water partition coefficient (Wildman–Crippen LogP) is -0.492. The lowest BCUT2D eigenvalue weighted by Crippen LogP contribution is -2.06. The lowest BCUT2D eigenvalue weighted by atomic mass is 10.5. The molecule has 1 aromatic heterocycles. The second-order valence-electron chi connectivity index (χ2n) is 2.10. The molecule has 8 nitrogen and oxygen atoms in total. The Kier molecular flexibility index (Phi) is 2.72. The van der Waals surface area contributed by atoms with E-state index < -0.39 is 17.2 Å². The van der Waals surface area contributed by atoms with Gasteiger partial charge in [0, 0.05) is 0 Å².